The molecule has 5 heteroatoms. The van der Waals surface area contributed by atoms with Crippen LogP contribution in [0.25, 0.3) is 0 Å². The van der Waals surface area contributed by atoms with E-state index in [9.17, 15) is 10.1 Å². The van der Waals surface area contributed by atoms with E-state index in [0.29, 0.717) is 28.6 Å². The zero-order valence-corrected chi connectivity index (χ0v) is 12.0. The first-order chi connectivity index (χ1) is 8.87. The van der Waals surface area contributed by atoms with Crippen LogP contribution in [0, 0.1) is 15.5 Å². The maximum Gasteiger partial charge on any atom is 0.275 e. The summed E-state index contributed by atoms with van der Waals surface area (Å²) in [5.41, 5.74) is 1.17. The molecule has 0 amide bonds. The average molecular weight is 283 g/mol. The minimum atomic E-state index is -0.374. The Morgan fingerprint density at radius 1 is 1.53 bits per heavy atom. The lowest BCUT2D eigenvalue weighted by Gasteiger charge is -2.18. The van der Waals surface area contributed by atoms with Gasteiger partial charge in [0.25, 0.3) is 5.69 Å². The number of hydrogen-bond acceptors (Lipinski definition) is 3. The number of halogens is 1. The Balaban J connectivity index is 2.02. The molecule has 104 valence electrons. The molecule has 1 saturated carbocycles. The molecule has 1 atom stereocenters. The molecule has 0 heterocycles. The summed E-state index contributed by atoms with van der Waals surface area (Å²) in [4.78, 5) is 10.6. The van der Waals surface area contributed by atoms with Crippen LogP contribution in [-0.2, 0) is 6.54 Å². The van der Waals surface area contributed by atoms with Crippen molar-refractivity contribution in [2.75, 3.05) is 0 Å². The van der Waals surface area contributed by atoms with E-state index in [-0.39, 0.29) is 10.6 Å². The summed E-state index contributed by atoms with van der Waals surface area (Å²) in [6, 6.07) is 5.29. The number of hydrogen-bond donors (Lipinski definition) is 1. The van der Waals surface area contributed by atoms with E-state index in [4.69, 9.17) is 11.6 Å². The molecule has 1 N–H and O–H groups in total. The van der Waals surface area contributed by atoms with Gasteiger partial charge in [-0.15, -0.1) is 0 Å². The molecule has 4 nitrogen and oxygen atoms in total. The molecule has 0 spiro atoms. The second-order valence-electron chi connectivity index (χ2n) is 6.01. The number of rotatable bonds is 4. The Labute approximate surface area is 118 Å². The molecule has 0 radical (unpaired) electrons. The number of nitrogens with zero attached hydrogens (tertiary/aromatic N) is 1. The van der Waals surface area contributed by atoms with Gasteiger partial charge in [-0.25, -0.2) is 0 Å². The third kappa shape index (κ3) is 3.67. The second kappa shape index (κ2) is 5.47. The monoisotopic (exact) mass is 282 g/mol. The van der Waals surface area contributed by atoms with Crippen LogP contribution in [0.15, 0.2) is 18.2 Å². The van der Waals surface area contributed by atoms with Gasteiger partial charge < -0.3 is 5.32 Å². The summed E-state index contributed by atoms with van der Waals surface area (Å²) in [6.07, 6.45) is 3.45. The minimum absolute atomic E-state index is 0.0947. The third-order valence-corrected chi connectivity index (χ3v) is 4.03. The van der Waals surface area contributed by atoms with Crippen molar-refractivity contribution in [3.05, 3.63) is 38.9 Å². The zero-order chi connectivity index (χ0) is 14.0. The molecule has 2 rings (SSSR count). The van der Waals surface area contributed by atoms with E-state index in [2.05, 4.69) is 19.2 Å². The SMILES string of the molecule is CC1(C)CCC(NCc2ccc(Cl)cc2[N+](=O)[O-])C1. The van der Waals surface area contributed by atoms with Crippen LogP contribution in [0.4, 0.5) is 5.69 Å². The first-order valence-corrected chi connectivity index (χ1v) is 6.91. The van der Waals surface area contributed by atoms with Crippen LogP contribution in [0.2, 0.25) is 5.02 Å². The molecular formula is C14H19ClN2O2. The van der Waals surface area contributed by atoms with E-state index in [1.54, 1.807) is 12.1 Å². The van der Waals surface area contributed by atoms with Crippen molar-refractivity contribution in [3.63, 3.8) is 0 Å². The maximum absolute atomic E-state index is 11.0. The van der Waals surface area contributed by atoms with Crippen molar-refractivity contribution in [2.24, 2.45) is 5.41 Å². The molecular weight excluding hydrogens is 264 g/mol. The van der Waals surface area contributed by atoms with E-state index in [1.165, 1.54) is 12.5 Å². The molecule has 1 fully saturated rings. The Morgan fingerprint density at radius 3 is 2.84 bits per heavy atom. The summed E-state index contributed by atoms with van der Waals surface area (Å²) < 4.78 is 0. The fraction of sp³-hybridized carbons (Fsp3) is 0.571. The molecule has 0 saturated heterocycles. The number of nitro benzene ring substituents is 1. The van der Waals surface area contributed by atoms with Crippen LogP contribution >= 0.6 is 11.6 Å². The van der Waals surface area contributed by atoms with Crippen LogP contribution in [0.1, 0.15) is 38.7 Å². The fourth-order valence-corrected chi connectivity index (χ4v) is 2.89. The topological polar surface area (TPSA) is 55.2 Å². The van der Waals surface area contributed by atoms with Gasteiger partial charge in [-0.3, -0.25) is 10.1 Å². The van der Waals surface area contributed by atoms with Gasteiger partial charge in [0.2, 0.25) is 0 Å². The second-order valence-corrected chi connectivity index (χ2v) is 6.45. The highest BCUT2D eigenvalue weighted by atomic mass is 35.5. The normalized spacial score (nSPS) is 21.5. The Hall–Kier alpha value is -1.13. The van der Waals surface area contributed by atoms with E-state index in [1.807, 2.05) is 0 Å². The van der Waals surface area contributed by atoms with Crippen molar-refractivity contribution in [1.82, 2.24) is 5.32 Å². The van der Waals surface area contributed by atoms with Crippen molar-refractivity contribution < 1.29 is 4.92 Å². The summed E-state index contributed by atoms with van der Waals surface area (Å²) in [5, 5.41) is 14.8. The lowest BCUT2D eigenvalue weighted by atomic mass is 9.92. The summed E-state index contributed by atoms with van der Waals surface area (Å²) in [6.45, 7) is 5.05. The van der Waals surface area contributed by atoms with E-state index in [0.717, 1.165) is 12.8 Å². The van der Waals surface area contributed by atoms with Crippen molar-refractivity contribution in [1.29, 1.82) is 0 Å². The molecule has 19 heavy (non-hydrogen) atoms. The Morgan fingerprint density at radius 2 is 2.26 bits per heavy atom. The standard InChI is InChI=1S/C14H19ClN2O2/c1-14(2)6-5-12(8-14)16-9-10-3-4-11(15)7-13(10)17(18)19/h3-4,7,12,16H,5-6,8-9H2,1-2H3. The average Bonchev–Trinajstić information content (AvgIpc) is 2.67. The number of nitro groups is 1. The van der Waals surface area contributed by atoms with Gasteiger partial charge in [-0.05, 0) is 36.8 Å². The van der Waals surface area contributed by atoms with Gasteiger partial charge in [0.15, 0.2) is 0 Å². The lowest BCUT2D eigenvalue weighted by molar-refractivity contribution is -0.385. The fourth-order valence-electron chi connectivity index (χ4n) is 2.72. The molecule has 0 aromatic heterocycles. The lowest BCUT2D eigenvalue weighted by Crippen LogP contribution is -2.27. The highest BCUT2D eigenvalue weighted by Crippen LogP contribution is 2.37. The van der Waals surface area contributed by atoms with Crippen LogP contribution in [-0.4, -0.2) is 11.0 Å². The van der Waals surface area contributed by atoms with Gasteiger partial charge in [-0.2, -0.15) is 0 Å². The van der Waals surface area contributed by atoms with E-state index < -0.39 is 0 Å². The molecule has 1 aromatic rings. The number of nitrogens with one attached hydrogen (secondary N) is 1. The maximum atomic E-state index is 11.0. The van der Waals surface area contributed by atoms with Crippen LogP contribution in [0.5, 0.6) is 0 Å². The molecule has 1 aliphatic rings. The smallest absolute Gasteiger partial charge is 0.275 e. The first-order valence-electron chi connectivity index (χ1n) is 6.54. The summed E-state index contributed by atoms with van der Waals surface area (Å²) in [5.74, 6) is 0. The van der Waals surface area contributed by atoms with Gasteiger partial charge in [0, 0.05) is 29.2 Å². The predicted molar refractivity (Wildman–Crippen MR) is 76.4 cm³/mol. The minimum Gasteiger partial charge on any atom is -0.310 e. The molecule has 0 bridgehead atoms. The quantitative estimate of drug-likeness (QED) is 0.673. The van der Waals surface area contributed by atoms with Gasteiger partial charge >= 0.3 is 0 Å². The van der Waals surface area contributed by atoms with Crippen LogP contribution in [0.3, 0.4) is 0 Å². The predicted octanol–water partition coefficient (Wildman–Crippen LogP) is 3.92. The third-order valence-electron chi connectivity index (χ3n) is 3.79. The number of benzene rings is 1. The Kier molecular flexibility index (Phi) is 4.11. The van der Waals surface area contributed by atoms with Crippen molar-refractivity contribution in [2.45, 2.75) is 45.7 Å². The zero-order valence-electron chi connectivity index (χ0n) is 11.3. The highest BCUT2D eigenvalue weighted by molar-refractivity contribution is 6.30. The molecule has 1 aliphatic carbocycles. The largest absolute Gasteiger partial charge is 0.310 e. The van der Waals surface area contributed by atoms with Crippen molar-refractivity contribution in [3.8, 4) is 0 Å². The van der Waals surface area contributed by atoms with Gasteiger partial charge in [0.05, 0.1) is 4.92 Å². The summed E-state index contributed by atoms with van der Waals surface area (Å²) in [7, 11) is 0. The summed E-state index contributed by atoms with van der Waals surface area (Å²) >= 11 is 5.80. The van der Waals surface area contributed by atoms with Crippen LogP contribution < -0.4 is 5.32 Å². The molecule has 0 aliphatic heterocycles. The first kappa shape index (κ1) is 14.3. The van der Waals surface area contributed by atoms with Gasteiger partial charge in [-0.1, -0.05) is 25.4 Å². The van der Waals surface area contributed by atoms with Crippen molar-refractivity contribution >= 4 is 17.3 Å². The highest BCUT2D eigenvalue weighted by Gasteiger charge is 2.30. The Bertz CT molecular complexity index is 488. The molecule has 1 unspecified atom stereocenters. The van der Waals surface area contributed by atoms with E-state index >= 15 is 0 Å². The molecule has 1 aromatic carbocycles. The van der Waals surface area contributed by atoms with Gasteiger partial charge in [0.1, 0.15) is 0 Å².